The van der Waals surface area contributed by atoms with Crippen molar-refractivity contribution >= 4 is 11.8 Å². The molecule has 0 spiro atoms. The molecule has 0 heterocycles. The van der Waals surface area contributed by atoms with Crippen LogP contribution in [0.15, 0.2) is 30.3 Å². The van der Waals surface area contributed by atoms with Crippen LogP contribution in [0.25, 0.3) is 0 Å². The van der Waals surface area contributed by atoms with Gasteiger partial charge in [-0.05, 0) is 24.8 Å². The number of Topliss-reactive ketones (excluding diaryl/α,β-unsaturated/α-hetero) is 1. The molecule has 1 aliphatic rings. The topological polar surface area (TPSA) is 63.6 Å². The number of esters is 1. The Morgan fingerprint density at radius 1 is 1.42 bits per heavy atom. The Morgan fingerprint density at radius 2 is 2.11 bits per heavy atom. The van der Waals surface area contributed by atoms with Crippen molar-refractivity contribution in [3.05, 3.63) is 35.9 Å². The smallest absolute Gasteiger partial charge is 0.309 e. The van der Waals surface area contributed by atoms with E-state index in [0.717, 1.165) is 5.56 Å². The lowest BCUT2D eigenvalue weighted by Gasteiger charge is -2.20. The number of hydrogen-bond donors (Lipinski definition) is 1. The monoisotopic (exact) mass is 262 g/mol. The van der Waals surface area contributed by atoms with Crippen molar-refractivity contribution in [3.8, 4) is 0 Å². The van der Waals surface area contributed by atoms with Gasteiger partial charge in [-0.2, -0.15) is 0 Å². The fraction of sp³-hybridized carbons (Fsp3) is 0.467. The molecule has 0 amide bonds. The Hall–Kier alpha value is -1.68. The molecule has 1 aromatic carbocycles. The van der Waals surface area contributed by atoms with Crippen LogP contribution in [0.1, 0.15) is 37.7 Å². The van der Waals surface area contributed by atoms with Crippen LogP contribution in [0.4, 0.5) is 0 Å². The van der Waals surface area contributed by atoms with Gasteiger partial charge in [0, 0.05) is 6.42 Å². The van der Waals surface area contributed by atoms with E-state index in [1.54, 1.807) is 6.92 Å². The number of hydrogen-bond acceptors (Lipinski definition) is 4. The van der Waals surface area contributed by atoms with E-state index in [4.69, 9.17) is 4.74 Å². The zero-order valence-corrected chi connectivity index (χ0v) is 11.0. The van der Waals surface area contributed by atoms with Crippen LogP contribution >= 0.6 is 0 Å². The van der Waals surface area contributed by atoms with Gasteiger partial charge in [0.1, 0.15) is 5.60 Å². The van der Waals surface area contributed by atoms with Gasteiger partial charge in [-0.15, -0.1) is 0 Å². The first-order chi connectivity index (χ1) is 9.05. The highest BCUT2D eigenvalue weighted by Crippen LogP contribution is 2.40. The minimum atomic E-state index is -1.56. The molecule has 0 aliphatic heterocycles. The maximum Gasteiger partial charge on any atom is 0.309 e. The van der Waals surface area contributed by atoms with Crippen molar-refractivity contribution in [1.82, 2.24) is 0 Å². The molecule has 1 fully saturated rings. The predicted molar refractivity (Wildman–Crippen MR) is 69.6 cm³/mol. The van der Waals surface area contributed by atoms with Gasteiger partial charge in [0.05, 0.1) is 13.0 Å². The van der Waals surface area contributed by atoms with E-state index in [1.165, 1.54) is 0 Å². The van der Waals surface area contributed by atoms with Gasteiger partial charge < -0.3 is 9.84 Å². The summed E-state index contributed by atoms with van der Waals surface area (Å²) in [4.78, 5) is 23.4. The number of ketones is 1. The summed E-state index contributed by atoms with van der Waals surface area (Å²) in [5.41, 5.74) is -0.539. The molecular formula is C15H18O4. The fourth-order valence-corrected chi connectivity index (χ4v) is 2.59. The molecule has 0 bridgehead atoms. The molecule has 2 atom stereocenters. The van der Waals surface area contributed by atoms with Gasteiger partial charge in [-0.3, -0.25) is 9.59 Å². The quantitative estimate of drug-likeness (QED) is 0.841. The third-order valence-electron chi connectivity index (χ3n) is 3.55. The summed E-state index contributed by atoms with van der Waals surface area (Å²) in [5.74, 6) is -0.811. The van der Waals surface area contributed by atoms with E-state index in [-0.39, 0.29) is 37.6 Å². The van der Waals surface area contributed by atoms with E-state index in [1.807, 2.05) is 30.3 Å². The summed E-state index contributed by atoms with van der Waals surface area (Å²) in [5, 5.41) is 10.3. The van der Waals surface area contributed by atoms with Crippen LogP contribution in [0, 0.1) is 0 Å². The molecule has 102 valence electrons. The molecule has 0 aromatic heterocycles. The minimum absolute atomic E-state index is 0.0203. The maximum absolute atomic E-state index is 12.0. The number of carbonyl (C=O) groups excluding carboxylic acids is 2. The summed E-state index contributed by atoms with van der Waals surface area (Å²) >= 11 is 0. The normalized spacial score (nSPS) is 26.4. The molecule has 1 N–H and O–H groups in total. The van der Waals surface area contributed by atoms with Crippen molar-refractivity contribution in [2.45, 2.75) is 37.7 Å². The molecule has 1 aromatic rings. The Bertz CT molecular complexity index is 468. The molecule has 1 saturated carbocycles. The maximum atomic E-state index is 12.0. The average Bonchev–Trinajstić information content (AvgIpc) is 2.67. The highest BCUT2D eigenvalue weighted by atomic mass is 16.5. The zero-order valence-electron chi connectivity index (χ0n) is 11.0. The Kier molecular flexibility index (Phi) is 4.00. The lowest BCUT2D eigenvalue weighted by Crippen LogP contribution is -2.36. The van der Waals surface area contributed by atoms with E-state index < -0.39 is 11.6 Å². The Labute approximate surface area is 112 Å². The summed E-state index contributed by atoms with van der Waals surface area (Å²) in [6.07, 6.45) is 0.317. The summed E-state index contributed by atoms with van der Waals surface area (Å²) in [6.45, 7) is 1.95. The van der Waals surface area contributed by atoms with E-state index in [9.17, 15) is 14.7 Å². The summed E-state index contributed by atoms with van der Waals surface area (Å²) in [6, 6.07) is 9.60. The van der Waals surface area contributed by atoms with Crippen molar-refractivity contribution in [3.63, 3.8) is 0 Å². The van der Waals surface area contributed by atoms with E-state index >= 15 is 0 Å². The summed E-state index contributed by atoms with van der Waals surface area (Å²) in [7, 11) is 0. The largest absolute Gasteiger partial charge is 0.466 e. The number of carbonyl (C=O) groups is 2. The lowest BCUT2D eigenvalue weighted by atomic mass is 9.92. The van der Waals surface area contributed by atoms with Gasteiger partial charge in [0.2, 0.25) is 0 Å². The third kappa shape index (κ3) is 3.01. The average molecular weight is 262 g/mol. The predicted octanol–water partition coefficient (Wildman–Crippen LogP) is 1.82. The second-order valence-electron chi connectivity index (χ2n) is 4.95. The molecule has 4 nitrogen and oxygen atoms in total. The van der Waals surface area contributed by atoms with Gasteiger partial charge in [-0.25, -0.2) is 0 Å². The SMILES string of the molecule is CCOC(=O)C[C@]1(O)C[C@@H](c2ccccc2)CC1=O. The number of aliphatic hydroxyl groups is 1. The van der Waals surface area contributed by atoms with Crippen molar-refractivity contribution in [2.24, 2.45) is 0 Å². The van der Waals surface area contributed by atoms with Crippen LogP contribution in [0.2, 0.25) is 0 Å². The Balaban J connectivity index is 2.08. The highest BCUT2D eigenvalue weighted by molar-refractivity contribution is 5.93. The van der Waals surface area contributed by atoms with Gasteiger partial charge in [-0.1, -0.05) is 30.3 Å². The van der Waals surface area contributed by atoms with Gasteiger partial charge in [0.25, 0.3) is 0 Å². The first-order valence-corrected chi connectivity index (χ1v) is 6.51. The Morgan fingerprint density at radius 3 is 2.74 bits per heavy atom. The first kappa shape index (κ1) is 13.7. The lowest BCUT2D eigenvalue weighted by molar-refractivity contribution is -0.153. The fourth-order valence-electron chi connectivity index (χ4n) is 2.59. The van der Waals surface area contributed by atoms with E-state index in [0.29, 0.717) is 0 Å². The standard InChI is InChI=1S/C15H18O4/c1-2-19-14(17)10-15(18)9-12(8-13(15)16)11-6-4-3-5-7-11/h3-7,12,18H,2,8-10H2,1H3/t12-,15+/m0/s1. The number of benzene rings is 1. The van der Waals surface area contributed by atoms with Crippen molar-refractivity contribution in [2.75, 3.05) is 6.61 Å². The number of ether oxygens (including phenoxy) is 1. The van der Waals surface area contributed by atoms with E-state index in [2.05, 4.69) is 0 Å². The molecule has 1 aliphatic carbocycles. The number of rotatable bonds is 4. The molecule has 0 unspecified atom stereocenters. The molecule has 19 heavy (non-hydrogen) atoms. The second kappa shape index (κ2) is 5.53. The van der Waals surface area contributed by atoms with Crippen LogP contribution in [0.5, 0.6) is 0 Å². The minimum Gasteiger partial charge on any atom is -0.466 e. The third-order valence-corrected chi connectivity index (χ3v) is 3.55. The molecule has 0 radical (unpaired) electrons. The van der Waals surface area contributed by atoms with Crippen molar-refractivity contribution in [1.29, 1.82) is 0 Å². The first-order valence-electron chi connectivity index (χ1n) is 6.51. The van der Waals surface area contributed by atoms with Crippen molar-refractivity contribution < 1.29 is 19.4 Å². The van der Waals surface area contributed by atoms with Crippen LogP contribution in [-0.4, -0.2) is 29.1 Å². The van der Waals surface area contributed by atoms with Gasteiger partial charge >= 0.3 is 5.97 Å². The molecular weight excluding hydrogens is 244 g/mol. The van der Waals surface area contributed by atoms with Gasteiger partial charge in [0.15, 0.2) is 5.78 Å². The van der Waals surface area contributed by atoms with Crippen LogP contribution in [-0.2, 0) is 14.3 Å². The summed E-state index contributed by atoms with van der Waals surface area (Å²) < 4.78 is 4.81. The molecule has 0 saturated heterocycles. The molecule has 2 rings (SSSR count). The zero-order chi connectivity index (χ0) is 13.9. The highest BCUT2D eigenvalue weighted by Gasteiger charge is 2.47. The van der Waals surface area contributed by atoms with Crippen LogP contribution < -0.4 is 0 Å². The van der Waals surface area contributed by atoms with Crippen LogP contribution in [0.3, 0.4) is 0 Å². The molecule has 4 heteroatoms. The second-order valence-corrected chi connectivity index (χ2v) is 4.95.